The van der Waals surface area contributed by atoms with Gasteiger partial charge >= 0.3 is 0 Å². The summed E-state index contributed by atoms with van der Waals surface area (Å²) in [7, 11) is 0. The molecule has 1 heterocycles. The van der Waals surface area contributed by atoms with E-state index in [1.165, 1.54) is 5.56 Å². The van der Waals surface area contributed by atoms with Crippen molar-refractivity contribution in [1.29, 1.82) is 0 Å². The van der Waals surface area contributed by atoms with Crippen LogP contribution < -0.4 is 15.2 Å². The first-order chi connectivity index (χ1) is 10.2. The number of ether oxygens (including phenoxy) is 2. The summed E-state index contributed by atoms with van der Waals surface area (Å²) in [5.41, 5.74) is 8.55. The number of benzene rings is 2. The Kier molecular flexibility index (Phi) is 4.32. The zero-order valence-electron chi connectivity index (χ0n) is 11.7. The number of aryl methyl sites for hydroxylation is 1. The van der Waals surface area contributed by atoms with E-state index >= 15 is 0 Å². The van der Waals surface area contributed by atoms with Gasteiger partial charge in [0.2, 0.25) is 0 Å². The summed E-state index contributed by atoms with van der Waals surface area (Å²) >= 11 is 5.89. The van der Waals surface area contributed by atoms with E-state index in [-0.39, 0.29) is 6.04 Å². The van der Waals surface area contributed by atoms with Gasteiger partial charge in [0.15, 0.2) is 11.5 Å². The molecule has 3 nitrogen and oxygen atoms in total. The standard InChI is InChI=1S/C17H18ClNO2/c18-14-5-3-13(4-6-14)15(19)7-1-12-2-8-16-17(11-12)21-10-9-20-16/h2-6,8,11,15H,1,7,9-10,19H2. The molecule has 1 unspecified atom stereocenters. The van der Waals surface area contributed by atoms with Gasteiger partial charge in [0.05, 0.1) is 0 Å². The lowest BCUT2D eigenvalue weighted by molar-refractivity contribution is 0.171. The van der Waals surface area contributed by atoms with Gasteiger partial charge in [0, 0.05) is 11.1 Å². The van der Waals surface area contributed by atoms with Crippen molar-refractivity contribution in [2.75, 3.05) is 13.2 Å². The van der Waals surface area contributed by atoms with Crippen molar-refractivity contribution in [1.82, 2.24) is 0 Å². The van der Waals surface area contributed by atoms with Crippen LogP contribution in [0.4, 0.5) is 0 Å². The number of nitrogens with two attached hydrogens (primary N) is 1. The monoisotopic (exact) mass is 303 g/mol. The third-order valence-corrected chi connectivity index (χ3v) is 3.90. The third kappa shape index (κ3) is 3.49. The predicted molar refractivity (Wildman–Crippen MR) is 84.1 cm³/mol. The van der Waals surface area contributed by atoms with E-state index in [1.807, 2.05) is 36.4 Å². The van der Waals surface area contributed by atoms with Gasteiger partial charge in [-0.1, -0.05) is 29.8 Å². The zero-order chi connectivity index (χ0) is 14.7. The molecule has 0 bridgehead atoms. The summed E-state index contributed by atoms with van der Waals surface area (Å²) in [5, 5.41) is 0.734. The van der Waals surface area contributed by atoms with Gasteiger partial charge in [-0.15, -0.1) is 0 Å². The first kappa shape index (κ1) is 14.2. The van der Waals surface area contributed by atoms with Gasteiger partial charge in [0.1, 0.15) is 13.2 Å². The summed E-state index contributed by atoms with van der Waals surface area (Å²) in [6.07, 6.45) is 1.78. The molecule has 4 heteroatoms. The van der Waals surface area contributed by atoms with Crippen LogP contribution in [0, 0.1) is 0 Å². The second kappa shape index (κ2) is 6.37. The molecule has 0 fully saturated rings. The fourth-order valence-corrected chi connectivity index (χ4v) is 2.57. The lowest BCUT2D eigenvalue weighted by Crippen LogP contribution is -2.15. The Morgan fingerprint density at radius 3 is 2.48 bits per heavy atom. The highest BCUT2D eigenvalue weighted by molar-refractivity contribution is 6.30. The topological polar surface area (TPSA) is 44.5 Å². The number of rotatable bonds is 4. The average Bonchev–Trinajstić information content (AvgIpc) is 2.53. The van der Waals surface area contributed by atoms with Gasteiger partial charge in [0.25, 0.3) is 0 Å². The molecule has 1 atom stereocenters. The van der Waals surface area contributed by atoms with Gasteiger partial charge in [-0.3, -0.25) is 0 Å². The average molecular weight is 304 g/mol. The molecular weight excluding hydrogens is 286 g/mol. The molecule has 2 N–H and O–H groups in total. The van der Waals surface area contributed by atoms with Crippen molar-refractivity contribution in [3.8, 4) is 11.5 Å². The van der Waals surface area contributed by atoms with E-state index in [1.54, 1.807) is 0 Å². The van der Waals surface area contributed by atoms with E-state index < -0.39 is 0 Å². The maximum absolute atomic E-state index is 6.23. The summed E-state index contributed by atoms with van der Waals surface area (Å²) in [6, 6.07) is 13.8. The maximum Gasteiger partial charge on any atom is 0.161 e. The number of hydrogen-bond donors (Lipinski definition) is 1. The molecule has 2 aromatic carbocycles. The normalized spacial score (nSPS) is 14.8. The van der Waals surface area contributed by atoms with E-state index in [0.29, 0.717) is 13.2 Å². The first-order valence-electron chi connectivity index (χ1n) is 7.12. The summed E-state index contributed by atoms with van der Waals surface area (Å²) in [6.45, 7) is 1.23. The van der Waals surface area contributed by atoms with Crippen molar-refractivity contribution >= 4 is 11.6 Å². The van der Waals surface area contributed by atoms with Gasteiger partial charge < -0.3 is 15.2 Å². The van der Waals surface area contributed by atoms with Crippen molar-refractivity contribution in [3.63, 3.8) is 0 Å². The van der Waals surface area contributed by atoms with Crippen LogP contribution in [-0.4, -0.2) is 13.2 Å². The third-order valence-electron chi connectivity index (χ3n) is 3.65. The fraction of sp³-hybridized carbons (Fsp3) is 0.294. The molecule has 0 radical (unpaired) electrons. The lowest BCUT2D eigenvalue weighted by atomic mass is 9.99. The first-order valence-corrected chi connectivity index (χ1v) is 7.50. The molecule has 3 rings (SSSR count). The van der Waals surface area contributed by atoms with Crippen molar-refractivity contribution < 1.29 is 9.47 Å². The van der Waals surface area contributed by atoms with Crippen molar-refractivity contribution in [2.45, 2.75) is 18.9 Å². The van der Waals surface area contributed by atoms with Gasteiger partial charge in [-0.2, -0.15) is 0 Å². The molecule has 0 saturated carbocycles. The van der Waals surface area contributed by atoms with Crippen LogP contribution in [0.5, 0.6) is 11.5 Å². The second-order valence-corrected chi connectivity index (χ2v) is 5.61. The molecule has 0 saturated heterocycles. The molecule has 0 amide bonds. The Morgan fingerprint density at radius 2 is 1.71 bits per heavy atom. The van der Waals surface area contributed by atoms with E-state index in [9.17, 15) is 0 Å². The molecule has 1 aliphatic heterocycles. The maximum atomic E-state index is 6.23. The summed E-state index contributed by atoms with van der Waals surface area (Å²) in [4.78, 5) is 0. The Balaban J connectivity index is 1.63. The highest BCUT2D eigenvalue weighted by Crippen LogP contribution is 2.31. The van der Waals surface area contributed by atoms with Crippen LogP contribution in [0.3, 0.4) is 0 Å². The quantitative estimate of drug-likeness (QED) is 0.935. The molecule has 2 aromatic rings. The Hall–Kier alpha value is -1.71. The Labute approximate surface area is 129 Å². The number of halogens is 1. The fourth-order valence-electron chi connectivity index (χ4n) is 2.44. The molecule has 0 aliphatic carbocycles. The van der Waals surface area contributed by atoms with Crippen LogP contribution in [0.25, 0.3) is 0 Å². The highest BCUT2D eigenvalue weighted by Gasteiger charge is 2.12. The zero-order valence-corrected chi connectivity index (χ0v) is 12.5. The molecule has 110 valence electrons. The van der Waals surface area contributed by atoms with Crippen molar-refractivity contribution in [3.05, 3.63) is 58.6 Å². The predicted octanol–water partition coefficient (Wildman–Crippen LogP) is 3.74. The Morgan fingerprint density at radius 1 is 1.00 bits per heavy atom. The minimum Gasteiger partial charge on any atom is -0.486 e. The molecule has 1 aliphatic rings. The molecule has 21 heavy (non-hydrogen) atoms. The molecular formula is C17H18ClNO2. The molecule has 0 aromatic heterocycles. The van der Waals surface area contributed by atoms with Crippen molar-refractivity contribution in [2.24, 2.45) is 5.73 Å². The van der Waals surface area contributed by atoms with Crippen LogP contribution >= 0.6 is 11.6 Å². The van der Waals surface area contributed by atoms with E-state index in [0.717, 1.165) is 34.9 Å². The van der Waals surface area contributed by atoms with Crippen LogP contribution in [0.15, 0.2) is 42.5 Å². The van der Waals surface area contributed by atoms with E-state index in [4.69, 9.17) is 26.8 Å². The smallest absolute Gasteiger partial charge is 0.161 e. The summed E-state index contributed by atoms with van der Waals surface area (Å²) < 4.78 is 11.1. The Bertz CT molecular complexity index is 613. The number of hydrogen-bond acceptors (Lipinski definition) is 3. The lowest BCUT2D eigenvalue weighted by Gasteiger charge is -2.19. The van der Waals surface area contributed by atoms with Crippen LogP contribution in [0.2, 0.25) is 5.02 Å². The highest BCUT2D eigenvalue weighted by atomic mass is 35.5. The minimum atomic E-state index is 0.00969. The minimum absolute atomic E-state index is 0.00969. The van der Waals surface area contributed by atoms with Gasteiger partial charge in [-0.05, 0) is 48.2 Å². The number of fused-ring (bicyclic) bond motifs is 1. The van der Waals surface area contributed by atoms with E-state index in [2.05, 4.69) is 6.07 Å². The van der Waals surface area contributed by atoms with Crippen LogP contribution in [0.1, 0.15) is 23.6 Å². The van der Waals surface area contributed by atoms with Crippen LogP contribution in [-0.2, 0) is 6.42 Å². The SMILES string of the molecule is NC(CCc1ccc2c(c1)OCCO2)c1ccc(Cl)cc1. The largest absolute Gasteiger partial charge is 0.486 e. The molecule has 0 spiro atoms. The summed E-state index contributed by atoms with van der Waals surface area (Å²) in [5.74, 6) is 1.66. The second-order valence-electron chi connectivity index (χ2n) is 5.17. The van der Waals surface area contributed by atoms with Gasteiger partial charge in [-0.25, -0.2) is 0 Å².